The van der Waals surface area contributed by atoms with Crippen LogP contribution in [0.4, 0.5) is 5.69 Å². The smallest absolute Gasteiger partial charge is 0.0743 e. The minimum Gasteiger partial charge on any atom is -0.391 e. The first-order chi connectivity index (χ1) is 9.20. The number of aliphatic hydroxyl groups is 1. The Kier molecular flexibility index (Phi) is 5.26. The van der Waals surface area contributed by atoms with Crippen LogP contribution >= 0.6 is 0 Å². The molecule has 2 heteroatoms. The van der Waals surface area contributed by atoms with Gasteiger partial charge in [0.05, 0.1) is 6.10 Å². The van der Waals surface area contributed by atoms with Crippen LogP contribution in [-0.4, -0.2) is 24.8 Å². The molecule has 1 N–H and O–H groups in total. The molecule has 2 rings (SSSR count). The third-order valence-corrected chi connectivity index (χ3v) is 4.44. The SMILES string of the molecule is CCc1ccc(N(C)CC(O)C2CCCCC2)cc1. The van der Waals surface area contributed by atoms with Crippen LogP contribution in [0.2, 0.25) is 0 Å². The Balaban J connectivity index is 1.89. The number of likely N-dealkylation sites (N-methyl/N-ethyl adjacent to an activating group) is 1. The summed E-state index contributed by atoms with van der Waals surface area (Å²) in [7, 11) is 2.08. The molecule has 0 heterocycles. The van der Waals surface area contributed by atoms with Gasteiger partial charge in [-0.05, 0) is 42.9 Å². The molecule has 0 spiro atoms. The Labute approximate surface area is 117 Å². The van der Waals surface area contributed by atoms with Gasteiger partial charge in [-0.1, -0.05) is 38.3 Å². The average Bonchev–Trinajstić information content (AvgIpc) is 2.48. The topological polar surface area (TPSA) is 23.5 Å². The van der Waals surface area contributed by atoms with E-state index in [4.69, 9.17) is 0 Å². The minimum atomic E-state index is -0.184. The summed E-state index contributed by atoms with van der Waals surface area (Å²) < 4.78 is 0. The number of anilines is 1. The zero-order valence-electron chi connectivity index (χ0n) is 12.3. The van der Waals surface area contributed by atoms with Crippen molar-refractivity contribution in [2.24, 2.45) is 5.92 Å². The quantitative estimate of drug-likeness (QED) is 0.875. The van der Waals surface area contributed by atoms with Gasteiger partial charge in [-0.2, -0.15) is 0 Å². The van der Waals surface area contributed by atoms with E-state index in [-0.39, 0.29) is 6.10 Å². The molecule has 1 fully saturated rings. The molecule has 0 aliphatic heterocycles. The highest BCUT2D eigenvalue weighted by Crippen LogP contribution is 2.27. The van der Waals surface area contributed by atoms with Crippen LogP contribution in [-0.2, 0) is 6.42 Å². The molecule has 1 atom stereocenters. The van der Waals surface area contributed by atoms with E-state index in [9.17, 15) is 5.11 Å². The molecule has 0 amide bonds. The highest BCUT2D eigenvalue weighted by atomic mass is 16.3. The van der Waals surface area contributed by atoms with Crippen LogP contribution in [0.15, 0.2) is 24.3 Å². The van der Waals surface area contributed by atoms with Crippen molar-refractivity contribution in [3.8, 4) is 0 Å². The maximum absolute atomic E-state index is 10.4. The van der Waals surface area contributed by atoms with Crippen molar-refractivity contribution in [2.45, 2.75) is 51.6 Å². The highest BCUT2D eigenvalue weighted by Gasteiger charge is 2.22. The predicted octanol–water partition coefficient (Wildman–Crippen LogP) is 3.63. The molecule has 2 nitrogen and oxygen atoms in total. The lowest BCUT2D eigenvalue weighted by molar-refractivity contribution is 0.0910. The fraction of sp³-hybridized carbons (Fsp3) is 0.647. The molecular weight excluding hydrogens is 234 g/mol. The Morgan fingerprint density at radius 1 is 1.16 bits per heavy atom. The minimum absolute atomic E-state index is 0.184. The Hall–Kier alpha value is -1.02. The molecule has 1 saturated carbocycles. The fourth-order valence-electron chi connectivity index (χ4n) is 3.04. The number of aryl methyl sites for hydroxylation is 1. The van der Waals surface area contributed by atoms with Gasteiger partial charge in [-0.3, -0.25) is 0 Å². The van der Waals surface area contributed by atoms with E-state index in [1.54, 1.807) is 0 Å². The van der Waals surface area contributed by atoms with E-state index in [1.165, 1.54) is 43.4 Å². The first-order valence-electron chi connectivity index (χ1n) is 7.69. The Bertz CT molecular complexity index is 367. The number of rotatable bonds is 5. The van der Waals surface area contributed by atoms with Gasteiger partial charge in [-0.15, -0.1) is 0 Å². The second-order valence-electron chi connectivity index (χ2n) is 5.87. The monoisotopic (exact) mass is 261 g/mol. The summed E-state index contributed by atoms with van der Waals surface area (Å²) >= 11 is 0. The molecule has 1 aliphatic rings. The molecule has 1 aromatic carbocycles. The molecule has 0 saturated heterocycles. The number of hydrogen-bond donors (Lipinski definition) is 1. The highest BCUT2D eigenvalue weighted by molar-refractivity contribution is 5.47. The molecule has 1 aromatic rings. The summed E-state index contributed by atoms with van der Waals surface area (Å²) in [5.74, 6) is 0.506. The predicted molar refractivity (Wildman–Crippen MR) is 81.7 cm³/mol. The van der Waals surface area contributed by atoms with Crippen molar-refractivity contribution in [2.75, 3.05) is 18.5 Å². The van der Waals surface area contributed by atoms with E-state index < -0.39 is 0 Å². The maximum atomic E-state index is 10.4. The zero-order valence-corrected chi connectivity index (χ0v) is 12.3. The molecule has 0 aromatic heterocycles. The first-order valence-corrected chi connectivity index (χ1v) is 7.69. The number of aliphatic hydroxyl groups excluding tert-OH is 1. The molecule has 0 bridgehead atoms. The van der Waals surface area contributed by atoms with E-state index in [0.717, 1.165) is 13.0 Å². The van der Waals surface area contributed by atoms with Crippen molar-refractivity contribution in [3.63, 3.8) is 0 Å². The molecule has 106 valence electrons. The van der Waals surface area contributed by atoms with Crippen LogP contribution in [0.3, 0.4) is 0 Å². The van der Waals surface area contributed by atoms with E-state index in [0.29, 0.717) is 5.92 Å². The van der Waals surface area contributed by atoms with Crippen molar-refractivity contribution in [3.05, 3.63) is 29.8 Å². The summed E-state index contributed by atoms with van der Waals surface area (Å²) in [6, 6.07) is 8.68. The van der Waals surface area contributed by atoms with Crippen molar-refractivity contribution in [1.82, 2.24) is 0 Å². The summed E-state index contributed by atoms with van der Waals surface area (Å²) in [5.41, 5.74) is 2.57. The zero-order chi connectivity index (χ0) is 13.7. The molecule has 19 heavy (non-hydrogen) atoms. The standard InChI is InChI=1S/C17H27NO/c1-3-14-9-11-16(12-10-14)18(2)13-17(19)15-7-5-4-6-8-15/h9-12,15,17,19H,3-8,13H2,1-2H3. The van der Waals surface area contributed by atoms with Gasteiger partial charge >= 0.3 is 0 Å². The average molecular weight is 261 g/mol. The van der Waals surface area contributed by atoms with E-state index >= 15 is 0 Å². The van der Waals surface area contributed by atoms with E-state index in [2.05, 4.69) is 43.1 Å². The third-order valence-electron chi connectivity index (χ3n) is 4.44. The van der Waals surface area contributed by atoms with Gasteiger partial charge in [-0.25, -0.2) is 0 Å². The van der Waals surface area contributed by atoms with Crippen molar-refractivity contribution >= 4 is 5.69 Å². The van der Waals surface area contributed by atoms with Crippen molar-refractivity contribution in [1.29, 1.82) is 0 Å². The normalized spacial score (nSPS) is 18.3. The lowest BCUT2D eigenvalue weighted by Gasteiger charge is -2.30. The van der Waals surface area contributed by atoms with Crippen LogP contribution in [0, 0.1) is 5.92 Å². The number of hydrogen-bond acceptors (Lipinski definition) is 2. The van der Waals surface area contributed by atoms with Gasteiger partial charge in [0.25, 0.3) is 0 Å². The lowest BCUT2D eigenvalue weighted by Crippen LogP contribution is -2.35. The van der Waals surface area contributed by atoms with Gasteiger partial charge in [0.2, 0.25) is 0 Å². The van der Waals surface area contributed by atoms with E-state index in [1.807, 2.05) is 0 Å². The number of benzene rings is 1. The van der Waals surface area contributed by atoms with Crippen LogP contribution in [0.25, 0.3) is 0 Å². The van der Waals surface area contributed by atoms with Gasteiger partial charge in [0, 0.05) is 19.3 Å². The van der Waals surface area contributed by atoms with Gasteiger partial charge in [0.1, 0.15) is 0 Å². The van der Waals surface area contributed by atoms with Crippen LogP contribution in [0.1, 0.15) is 44.6 Å². The van der Waals surface area contributed by atoms with Crippen LogP contribution < -0.4 is 4.90 Å². The largest absolute Gasteiger partial charge is 0.391 e. The molecular formula is C17H27NO. The molecule has 1 aliphatic carbocycles. The second-order valence-corrected chi connectivity index (χ2v) is 5.87. The van der Waals surface area contributed by atoms with Crippen molar-refractivity contribution < 1.29 is 5.11 Å². The number of nitrogens with zero attached hydrogens (tertiary/aromatic N) is 1. The Morgan fingerprint density at radius 2 is 1.79 bits per heavy atom. The first kappa shape index (κ1) is 14.4. The maximum Gasteiger partial charge on any atom is 0.0743 e. The third kappa shape index (κ3) is 3.97. The van der Waals surface area contributed by atoms with Gasteiger partial charge in [0.15, 0.2) is 0 Å². The van der Waals surface area contributed by atoms with Gasteiger partial charge < -0.3 is 10.0 Å². The van der Waals surface area contributed by atoms with Crippen LogP contribution in [0.5, 0.6) is 0 Å². The fourth-order valence-corrected chi connectivity index (χ4v) is 3.04. The lowest BCUT2D eigenvalue weighted by atomic mass is 9.85. The Morgan fingerprint density at radius 3 is 2.37 bits per heavy atom. The molecule has 0 radical (unpaired) electrons. The summed E-state index contributed by atoms with van der Waals surface area (Å²) in [6.07, 6.45) is 7.21. The summed E-state index contributed by atoms with van der Waals surface area (Å²) in [4.78, 5) is 2.18. The summed E-state index contributed by atoms with van der Waals surface area (Å²) in [5, 5.41) is 10.4. The molecule has 1 unspecified atom stereocenters. The second kappa shape index (κ2) is 6.95. The summed E-state index contributed by atoms with van der Waals surface area (Å²) in [6.45, 7) is 2.92.